The third-order valence-electron chi connectivity index (χ3n) is 3.18. The molecule has 1 aromatic carbocycles. The zero-order valence-electron chi connectivity index (χ0n) is 10.8. The first-order valence-corrected chi connectivity index (χ1v) is 7.54. The zero-order valence-corrected chi connectivity index (χ0v) is 12.4. The van der Waals surface area contributed by atoms with E-state index in [4.69, 9.17) is 11.6 Å². The second-order valence-electron chi connectivity index (χ2n) is 4.62. The van der Waals surface area contributed by atoms with Crippen LogP contribution < -0.4 is 5.32 Å². The summed E-state index contributed by atoms with van der Waals surface area (Å²) in [5.41, 5.74) is 0.477. The predicted octanol–water partition coefficient (Wildman–Crippen LogP) is 3.71. The Hall–Kier alpha value is -1.79. The minimum absolute atomic E-state index is 0.0323. The smallest absolute Gasteiger partial charge is 0.261 e. The van der Waals surface area contributed by atoms with Gasteiger partial charge in [0.25, 0.3) is 5.91 Å². The van der Waals surface area contributed by atoms with Gasteiger partial charge < -0.3 is 0 Å². The fourth-order valence-electron chi connectivity index (χ4n) is 2.20. The van der Waals surface area contributed by atoms with Crippen LogP contribution in [-0.2, 0) is 6.42 Å². The lowest BCUT2D eigenvalue weighted by molar-refractivity contribution is 0.0975. The number of thiazole rings is 1. The maximum absolute atomic E-state index is 13.7. The average molecular weight is 325 g/mol. The lowest BCUT2D eigenvalue weighted by Gasteiger charge is -2.05. The van der Waals surface area contributed by atoms with Crippen molar-refractivity contribution in [2.45, 2.75) is 19.3 Å². The Bertz CT molecular complexity index is 724. The Labute approximate surface area is 129 Å². The van der Waals surface area contributed by atoms with Gasteiger partial charge in [-0.15, -0.1) is 0 Å². The molecule has 21 heavy (non-hydrogen) atoms. The Morgan fingerprint density at radius 1 is 1.38 bits per heavy atom. The van der Waals surface area contributed by atoms with Crippen molar-refractivity contribution in [3.05, 3.63) is 45.2 Å². The number of halogens is 2. The molecule has 1 aromatic heterocycles. The van der Waals surface area contributed by atoms with Crippen LogP contribution in [0.2, 0.25) is 5.02 Å². The summed E-state index contributed by atoms with van der Waals surface area (Å²) in [7, 11) is 0. The highest BCUT2D eigenvalue weighted by Crippen LogP contribution is 2.30. The van der Waals surface area contributed by atoms with Crippen molar-refractivity contribution >= 4 is 39.8 Å². The zero-order chi connectivity index (χ0) is 15.0. The lowest BCUT2D eigenvalue weighted by Crippen LogP contribution is -2.14. The number of Topliss-reactive ketones (excluding diaryl/α,β-unsaturated/α-hetero) is 1. The van der Waals surface area contributed by atoms with E-state index >= 15 is 0 Å². The quantitative estimate of drug-likeness (QED) is 0.916. The number of hydrogen-bond acceptors (Lipinski definition) is 4. The molecule has 0 saturated heterocycles. The highest BCUT2D eigenvalue weighted by atomic mass is 35.5. The van der Waals surface area contributed by atoms with Gasteiger partial charge in [-0.2, -0.15) is 0 Å². The van der Waals surface area contributed by atoms with E-state index in [0.717, 1.165) is 23.8 Å². The van der Waals surface area contributed by atoms with Crippen molar-refractivity contribution in [2.24, 2.45) is 0 Å². The number of aryl methyl sites for hydroxylation is 1. The van der Waals surface area contributed by atoms with Gasteiger partial charge in [0.2, 0.25) is 0 Å². The first kappa shape index (κ1) is 14.2. The van der Waals surface area contributed by atoms with Crippen LogP contribution >= 0.6 is 22.9 Å². The largest absolute Gasteiger partial charge is 0.298 e. The fraction of sp³-hybridized carbons (Fsp3) is 0.214. The van der Waals surface area contributed by atoms with Crippen LogP contribution in [0.4, 0.5) is 9.52 Å². The molecule has 108 valence electrons. The van der Waals surface area contributed by atoms with Gasteiger partial charge in [-0.05, 0) is 25.0 Å². The van der Waals surface area contributed by atoms with Crippen molar-refractivity contribution < 1.29 is 14.0 Å². The number of benzene rings is 1. The van der Waals surface area contributed by atoms with E-state index in [0.29, 0.717) is 28.5 Å². The van der Waals surface area contributed by atoms with E-state index in [1.165, 1.54) is 12.1 Å². The molecule has 2 aromatic rings. The van der Waals surface area contributed by atoms with Crippen molar-refractivity contribution in [1.29, 1.82) is 0 Å². The molecule has 0 bridgehead atoms. The van der Waals surface area contributed by atoms with Crippen LogP contribution in [0.1, 0.15) is 38.6 Å². The summed E-state index contributed by atoms with van der Waals surface area (Å²) < 4.78 is 13.7. The van der Waals surface area contributed by atoms with Gasteiger partial charge in [0, 0.05) is 6.42 Å². The third-order valence-corrected chi connectivity index (χ3v) is 4.55. The molecule has 1 N–H and O–H groups in total. The van der Waals surface area contributed by atoms with Crippen molar-refractivity contribution in [3.8, 4) is 0 Å². The number of nitrogens with zero attached hydrogens (tertiary/aromatic N) is 1. The molecule has 7 heteroatoms. The molecular formula is C14H10ClFN2O2S. The first-order valence-electron chi connectivity index (χ1n) is 6.34. The lowest BCUT2D eigenvalue weighted by atomic mass is 10.0. The number of rotatable bonds is 2. The number of hydrogen-bond donors (Lipinski definition) is 1. The first-order chi connectivity index (χ1) is 10.1. The number of carbonyl (C=O) groups excluding carboxylic acids is 2. The number of aromatic nitrogens is 1. The van der Waals surface area contributed by atoms with Crippen molar-refractivity contribution in [1.82, 2.24) is 4.98 Å². The van der Waals surface area contributed by atoms with E-state index < -0.39 is 11.7 Å². The maximum Gasteiger partial charge on any atom is 0.261 e. The Morgan fingerprint density at radius 3 is 2.90 bits per heavy atom. The monoisotopic (exact) mass is 324 g/mol. The van der Waals surface area contributed by atoms with E-state index in [2.05, 4.69) is 10.3 Å². The van der Waals surface area contributed by atoms with Crippen molar-refractivity contribution in [3.63, 3.8) is 0 Å². The average Bonchev–Trinajstić information content (AvgIpc) is 2.82. The molecule has 0 saturated carbocycles. The predicted molar refractivity (Wildman–Crippen MR) is 78.7 cm³/mol. The number of carbonyl (C=O) groups is 2. The maximum atomic E-state index is 13.7. The summed E-state index contributed by atoms with van der Waals surface area (Å²) in [6.07, 6.45) is 1.98. The minimum atomic E-state index is -0.697. The second-order valence-corrected chi connectivity index (χ2v) is 6.03. The Balaban J connectivity index is 1.87. The van der Waals surface area contributed by atoms with Crippen LogP contribution in [0.15, 0.2) is 18.2 Å². The summed E-state index contributed by atoms with van der Waals surface area (Å²) in [5.74, 6) is -1.33. The third kappa shape index (κ3) is 2.69. The normalized spacial score (nSPS) is 13.9. The Kier molecular flexibility index (Phi) is 3.73. The number of anilines is 1. The molecule has 4 nitrogen and oxygen atoms in total. The molecule has 0 atom stereocenters. The van der Waals surface area contributed by atoms with Gasteiger partial charge in [0.1, 0.15) is 5.82 Å². The van der Waals surface area contributed by atoms with Gasteiger partial charge in [0.15, 0.2) is 10.9 Å². The second kappa shape index (κ2) is 5.54. The molecule has 0 spiro atoms. The van der Waals surface area contributed by atoms with Gasteiger partial charge in [-0.3, -0.25) is 14.9 Å². The highest BCUT2D eigenvalue weighted by Gasteiger charge is 2.24. The molecule has 1 aliphatic carbocycles. The minimum Gasteiger partial charge on any atom is -0.298 e. The fourth-order valence-corrected chi connectivity index (χ4v) is 3.42. The summed E-state index contributed by atoms with van der Waals surface area (Å²) in [5, 5.41) is 2.83. The van der Waals surface area contributed by atoms with E-state index in [1.807, 2.05) is 0 Å². The number of nitrogens with one attached hydrogen (secondary N) is 1. The number of amides is 1. The summed E-state index contributed by atoms with van der Waals surface area (Å²) in [6.45, 7) is 0. The van der Waals surface area contributed by atoms with E-state index in [9.17, 15) is 14.0 Å². The molecule has 0 aliphatic heterocycles. The van der Waals surface area contributed by atoms with Gasteiger partial charge >= 0.3 is 0 Å². The highest BCUT2D eigenvalue weighted by molar-refractivity contribution is 7.17. The molecule has 1 heterocycles. The number of fused-ring (bicyclic) bond motifs is 1. The summed E-state index contributed by atoms with van der Waals surface area (Å²) in [4.78, 5) is 28.6. The standard InChI is InChI=1S/C14H10ClFN2O2S/c15-7-3-1-4-8(16)11(7)13(20)18-14-17-9-5-2-6-10(19)12(9)21-14/h1,3-4H,2,5-6H2,(H,17,18,20). The van der Waals surface area contributed by atoms with Crippen LogP contribution in [0, 0.1) is 5.82 Å². The molecule has 3 rings (SSSR count). The SMILES string of the molecule is O=C1CCCc2nc(NC(=O)c3c(F)cccc3Cl)sc21. The molecule has 1 aliphatic rings. The topological polar surface area (TPSA) is 59.1 Å². The molecule has 0 radical (unpaired) electrons. The van der Waals surface area contributed by atoms with Gasteiger partial charge in [-0.25, -0.2) is 9.37 Å². The van der Waals surface area contributed by atoms with Crippen LogP contribution in [0.25, 0.3) is 0 Å². The molecule has 0 fully saturated rings. The molecule has 1 amide bonds. The van der Waals surface area contributed by atoms with Crippen LogP contribution in [0.3, 0.4) is 0 Å². The Morgan fingerprint density at radius 2 is 2.19 bits per heavy atom. The van der Waals surface area contributed by atoms with E-state index in [1.54, 1.807) is 0 Å². The van der Waals surface area contributed by atoms with Crippen molar-refractivity contribution in [2.75, 3.05) is 5.32 Å². The van der Waals surface area contributed by atoms with Crippen LogP contribution in [0.5, 0.6) is 0 Å². The van der Waals surface area contributed by atoms with Crippen LogP contribution in [-0.4, -0.2) is 16.7 Å². The van der Waals surface area contributed by atoms with E-state index in [-0.39, 0.29) is 16.4 Å². The van der Waals surface area contributed by atoms with Gasteiger partial charge in [0.05, 0.1) is 21.2 Å². The molecule has 0 unspecified atom stereocenters. The molecular weight excluding hydrogens is 315 g/mol. The number of ketones is 1. The summed E-state index contributed by atoms with van der Waals surface area (Å²) in [6, 6.07) is 4.03. The van der Waals surface area contributed by atoms with Gasteiger partial charge in [-0.1, -0.05) is 29.0 Å². The summed E-state index contributed by atoms with van der Waals surface area (Å²) >= 11 is 6.96.